The van der Waals surface area contributed by atoms with E-state index in [0.717, 1.165) is 5.56 Å². The summed E-state index contributed by atoms with van der Waals surface area (Å²) >= 11 is 0. The standard InChI is InChI=1S/C10H9N5O2.ClH/c11-7-3-1-2-6-4-5-8(17-9(6)7)10-12-13-14-15(10)16;/h1-3,5H,4,11H2,(H,12,14);1H. The van der Waals surface area contributed by atoms with Gasteiger partial charge in [0.2, 0.25) is 5.76 Å². The number of para-hydroxylation sites is 1. The first kappa shape index (κ1) is 12.2. The van der Waals surface area contributed by atoms with Gasteiger partial charge in [0.15, 0.2) is 11.0 Å². The Kier molecular flexibility index (Phi) is 3.07. The largest absolute Gasteiger partial charge is 0.721 e. The highest BCUT2D eigenvalue weighted by Crippen LogP contribution is 2.33. The number of nitrogen functional groups attached to an aromatic ring is 1. The number of aromatic nitrogens is 4. The zero-order valence-corrected chi connectivity index (χ0v) is 9.98. The van der Waals surface area contributed by atoms with E-state index in [9.17, 15) is 5.21 Å². The monoisotopic (exact) mass is 267 g/mol. The van der Waals surface area contributed by atoms with Gasteiger partial charge >= 0.3 is 5.82 Å². The fourth-order valence-corrected chi connectivity index (χ4v) is 1.74. The predicted molar refractivity (Wildman–Crippen MR) is 65.8 cm³/mol. The Balaban J connectivity index is 0.00000120. The molecule has 0 amide bonds. The van der Waals surface area contributed by atoms with E-state index in [0.29, 0.717) is 28.5 Å². The molecule has 0 saturated carbocycles. The van der Waals surface area contributed by atoms with E-state index >= 15 is 0 Å². The van der Waals surface area contributed by atoms with Crippen LogP contribution in [0.15, 0.2) is 24.3 Å². The van der Waals surface area contributed by atoms with E-state index in [1.807, 2.05) is 12.1 Å². The topological polar surface area (TPSA) is 104 Å². The summed E-state index contributed by atoms with van der Waals surface area (Å²) in [5.74, 6) is 1.13. The molecule has 8 heteroatoms. The maximum absolute atomic E-state index is 11.3. The number of nitrogens with zero attached hydrogens (tertiary/aromatic N) is 3. The number of benzene rings is 1. The Morgan fingerprint density at radius 1 is 1.44 bits per heavy atom. The molecule has 0 saturated heterocycles. The lowest BCUT2D eigenvalue weighted by atomic mass is 10.1. The number of allylic oxidation sites excluding steroid dienone is 1. The van der Waals surface area contributed by atoms with Crippen LogP contribution in [0.3, 0.4) is 0 Å². The molecule has 2 heterocycles. The van der Waals surface area contributed by atoms with Gasteiger partial charge in [-0.3, -0.25) is 0 Å². The van der Waals surface area contributed by atoms with E-state index in [1.54, 1.807) is 12.1 Å². The van der Waals surface area contributed by atoms with Crippen LogP contribution in [0, 0.1) is 5.21 Å². The van der Waals surface area contributed by atoms with E-state index in [-0.39, 0.29) is 18.2 Å². The molecule has 94 valence electrons. The summed E-state index contributed by atoms with van der Waals surface area (Å²) in [5.41, 5.74) is 7.34. The Morgan fingerprint density at radius 2 is 2.28 bits per heavy atom. The highest BCUT2D eigenvalue weighted by atomic mass is 35.5. The summed E-state index contributed by atoms with van der Waals surface area (Å²) in [6.45, 7) is 0. The molecular weight excluding hydrogens is 258 g/mol. The van der Waals surface area contributed by atoms with Gasteiger partial charge in [-0.25, -0.2) is 0 Å². The van der Waals surface area contributed by atoms with Gasteiger partial charge in [0.25, 0.3) is 0 Å². The Bertz CT molecular complexity index is 610. The van der Waals surface area contributed by atoms with Crippen LogP contribution in [-0.4, -0.2) is 15.5 Å². The number of hydrogen-bond donors (Lipinski definition) is 2. The molecule has 0 unspecified atom stereocenters. The first-order valence-corrected chi connectivity index (χ1v) is 5.02. The van der Waals surface area contributed by atoms with E-state index in [4.69, 9.17) is 10.5 Å². The number of ether oxygens (including phenoxy) is 1. The van der Waals surface area contributed by atoms with Crippen LogP contribution in [0.1, 0.15) is 11.4 Å². The number of nitrogens with two attached hydrogens (primary N) is 1. The van der Waals surface area contributed by atoms with Crippen LogP contribution in [0.25, 0.3) is 5.76 Å². The van der Waals surface area contributed by atoms with Crippen molar-refractivity contribution in [2.24, 2.45) is 0 Å². The number of rotatable bonds is 1. The molecule has 0 radical (unpaired) electrons. The number of hydrogen-bond acceptors (Lipinski definition) is 5. The number of fused-ring (bicyclic) bond motifs is 1. The van der Waals surface area contributed by atoms with Crippen LogP contribution in [0.4, 0.5) is 5.69 Å². The SMILES string of the molecule is Cl.Nc1cccc2c1OC(c1[nH]nn[n+]1[O-])=CC2. The maximum Gasteiger partial charge on any atom is 0.322 e. The smallest absolute Gasteiger partial charge is 0.322 e. The van der Waals surface area contributed by atoms with Gasteiger partial charge in [-0.05, 0) is 18.6 Å². The van der Waals surface area contributed by atoms with Crippen molar-refractivity contribution in [1.82, 2.24) is 15.5 Å². The summed E-state index contributed by atoms with van der Waals surface area (Å²) < 4.78 is 5.59. The number of nitrogens with one attached hydrogen (secondary N) is 1. The lowest BCUT2D eigenvalue weighted by Crippen LogP contribution is -2.33. The zero-order chi connectivity index (χ0) is 11.8. The summed E-state index contributed by atoms with van der Waals surface area (Å²) in [7, 11) is 0. The molecule has 3 N–H and O–H groups in total. The fourth-order valence-electron chi connectivity index (χ4n) is 1.74. The number of H-pyrrole nitrogens is 1. The van der Waals surface area contributed by atoms with E-state index in [2.05, 4.69) is 15.5 Å². The second-order valence-corrected chi connectivity index (χ2v) is 3.63. The molecule has 0 atom stereocenters. The minimum absolute atomic E-state index is 0. The molecule has 1 aromatic heterocycles. The van der Waals surface area contributed by atoms with Crippen LogP contribution < -0.4 is 15.3 Å². The molecule has 0 spiro atoms. The van der Waals surface area contributed by atoms with Crippen molar-refractivity contribution in [3.63, 3.8) is 0 Å². The van der Waals surface area contributed by atoms with Crippen LogP contribution in [-0.2, 0) is 6.42 Å². The molecule has 1 aliphatic heterocycles. The molecule has 0 fully saturated rings. The zero-order valence-electron chi connectivity index (χ0n) is 9.16. The third-order valence-electron chi connectivity index (χ3n) is 2.55. The van der Waals surface area contributed by atoms with Gasteiger partial charge < -0.3 is 15.7 Å². The average molecular weight is 268 g/mol. The maximum atomic E-state index is 11.3. The molecule has 1 aromatic carbocycles. The quantitative estimate of drug-likeness (QED) is 0.443. The number of aromatic amines is 1. The highest BCUT2D eigenvalue weighted by molar-refractivity contribution is 5.85. The first-order chi connectivity index (χ1) is 8.25. The Morgan fingerprint density at radius 3 is 3.00 bits per heavy atom. The lowest BCUT2D eigenvalue weighted by molar-refractivity contribution is -0.672. The third kappa shape index (κ3) is 1.84. The second-order valence-electron chi connectivity index (χ2n) is 3.63. The third-order valence-corrected chi connectivity index (χ3v) is 2.55. The summed E-state index contributed by atoms with van der Waals surface area (Å²) in [6, 6.07) is 5.54. The van der Waals surface area contributed by atoms with Gasteiger partial charge in [-0.2, -0.15) is 0 Å². The predicted octanol–water partition coefficient (Wildman–Crippen LogP) is 0.418. The van der Waals surface area contributed by atoms with Crippen LogP contribution in [0.2, 0.25) is 0 Å². The number of anilines is 1. The number of halogens is 1. The van der Waals surface area contributed by atoms with Crippen molar-refractivity contribution in [1.29, 1.82) is 0 Å². The van der Waals surface area contributed by atoms with Crippen LogP contribution >= 0.6 is 12.4 Å². The van der Waals surface area contributed by atoms with Gasteiger partial charge in [-0.1, -0.05) is 17.2 Å². The molecule has 0 aliphatic carbocycles. The average Bonchev–Trinajstić information content (AvgIpc) is 2.76. The molecule has 7 nitrogen and oxygen atoms in total. The van der Waals surface area contributed by atoms with Crippen molar-refractivity contribution >= 4 is 23.9 Å². The first-order valence-electron chi connectivity index (χ1n) is 5.02. The van der Waals surface area contributed by atoms with Gasteiger partial charge in [-0.15, -0.1) is 17.3 Å². The molecule has 1 aliphatic rings. The fraction of sp³-hybridized carbons (Fsp3) is 0.100. The Labute approximate surface area is 108 Å². The molecule has 18 heavy (non-hydrogen) atoms. The molecule has 2 aromatic rings. The van der Waals surface area contributed by atoms with E-state index < -0.39 is 0 Å². The van der Waals surface area contributed by atoms with Crippen molar-refractivity contribution in [2.45, 2.75) is 6.42 Å². The lowest BCUT2D eigenvalue weighted by Gasteiger charge is -2.17. The minimum atomic E-state index is 0. The summed E-state index contributed by atoms with van der Waals surface area (Å²) in [6.07, 6.45) is 2.43. The van der Waals surface area contributed by atoms with Crippen molar-refractivity contribution in [2.75, 3.05) is 5.73 Å². The van der Waals surface area contributed by atoms with Crippen molar-refractivity contribution < 1.29 is 9.58 Å². The highest BCUT2D eigenvalue weighted by Gasteiger charge is 2.22. The molecule has 0 bridgehead atoms. The van der Waals surface area contributed by atoms with Crippen molar-refractivity contribution in [3.05, 3.63) is 40.9 Å². The van der Waals surface area contributed by atoms with Crippen molar-refractivity contribution in [3.8, 4) is 5.75 Å². The van der Waals surface area contributed by atoms with E-state index in [1.165, 1.54) is 0 Å². The van der Waals surface area contributed by atoms with Crippen LogP contribution in [0.5, 0.6) is 5.75 Å². The summed E-state index contributed by atoms with van der Waals surface area (Å²) in [4.78, 5) is 0.371. The van der Waals surface area contributed by atoms with Gasteiger partial charge in [0, 0.05) is 5.56 Å². The molecule has 3 rings (SSSR count). The number of tetrazole rings is 1. The minimum Gasteiger partial charge on any atom is -0.721 e. The summed E-state index contributed by atoms with van der Waals surface area (Å²) in [5, 5.41) is 20.4. The Hall–Kier alpha value is -2.28. The second kappa shape index (κ2) is 4.53. The normalized spacial score (nSPS) is 13.0. The molecular formula is C10H10ClN5O2. The van der Waals surface area contributed by atoms with Gasteiger partial charge in [0.1, 0.15) is 5.21 Å². The van der Waals surface area contributed by atoms with Gasteiger partial charge in [0.05, 0.1) is 5.69 Å².